The second-order valence-electron chi connectivity index (χ2n) is 6.95. The molecule has 0 unspecified atom stereocenters. The lowest BCUT2D eigenvalue weighted by molar-refractivity contribution is 0.0984. The Bertz CT molecular complexity index is 1250. The lowest BCUT2D eigenvalue weighted by Crippen LogP contribution is -2.30. The van der Waals surface area contributed by atoms with Crippen LogP contribution in [0, 0.1) is 12.7 Å². The standard InChI is InChI=1S/C22H17FN4O3/c1-14-24-25-21-9-3-16(12-26(14)21)22(28)27(18-6-4-17(23)5-7-18)11-15-2-8-19-20(10-15)30-13-29-19/h2-10,12H,11,13H2,1H3. The summed E-state index contributed by atoms with van der Waals surface area (Å²) in [4.78, 5) is 15.1. The van der Waals surface area contributed by atoms with Gasteiger partial charge in [-0.3, -0.25) is 9.20 Å². The van der Waals surface area contributed by atoms with Crippen LogP contribution in [-0.4, -0.2) is 27.3 Å². The van der Waals surface area contributed by atoms with E-state index < -0.39 is 0 Å². The van der Waals surface area contributed by atoms with Crippen molar-refractivity contribution in [1.82, 2.24) is 14.6 Å². The first-order valence-corrected chi connectivity index (χ1v) is 9.36. The number of aromatic nitrogens is 3. The molecule has 1 amide bonds. The normalized spacial score (nSPS) is 12.3. The number of hydrogen-bond acceptors (Lipinski definition) is 5. The predicted octanol–water partition coefficient (Wildman–Crippen LogP) is 3.75. The molecule has 0 bridgehead atoms. The molecule has 0 saturated carbocycles. The van der Waals surface area contributed by atoms with Crippen LogP contribution in [0.15, 0.2) is 60.8 Å². The fraction of sp³-hybridized carbons (Fsp3) is 0.136. The van der Waals surface area contributed by atoms with Crippen molar-refractivity contribution in [1.29, 1.82) is 0 Å². The quantitative estimate of drug-likeness (QED) is 0.518. The molecule has 30 heavy (non-hydrogen) atoms. The Kier molecular flexibility index (Phi) is 4.31. The molecule has 7 nitrogen and oxygen atoms in total. The Morgan fingerprint density at radius 1 is 1.07 bits per heavy atom. The lowest BCUT2D eigenvalue weighted by Gasteiger charge is -2.23. The molecule has 0 saturated heterocycles. The fourth-order valence-corrected chi connectivity index (χ4v) is 3.41. The van der Waals surface area contributed by atoms with Crippen molar-refractivity contribution in [2.24, 2.45) is 0 Å². The summed E-state index contributed by atoms with van der Waals surface area (Å²) in [7, 11) is 0. The Morgan fingerprint density at radius 3 is 2.70 bits per heavy atom. The van der Waals surface area contributed by atoms with Crippen LogP contribution >= 0.6 is 0 Å². The number of rotatable bonds is 4. The number of ether oxygens (including phenoxy) is 2. The molecule has 8 heteroatoms. The number of amides is 1. The van der Waals surface area contributed by atoms with Crippen molar-refractivity contribution < 1.29 is 18.7 Å². The van der Waals surface area contributed by atoms with E-state index in [0.717, 1.165) is 5.56 Å². The van der Waals surface area contributed by atoms with Crippen molar-refractivity contribution in [3.05, 3.63) is 83.6 Å². The Morgan fingerprint density at radius 2 is 1.87 bits per heavy atom. The third-order valence-corrected chi connectivity index (χ3v) is 4.98. The van der Waals surface area contributed by atoms with Gasteiger partial charge in [0.25, 0.3) is 5.91 Å². The van der Waals surface area contributed by atoms with E-state index in [2.05, 4.69) is 10.2 Å². The van der Waals surface area contributed by atoms with Crippen LogP contribution in [0.3, 0.4) is 0 Å². The second kappa shape index (κ2) is 7.14. The van der Waals surface area contributed by atoms with Gasteiger partial charge < -0.3 is 14.4 Å². The van der Waals surface area contributed by atoms with Crippen LogP contribution in [-0.2, 0) is 6.54 Å². The molecule has 4 aromatic rings. The summed E-state index contributed by atoms with van der Waals surface area (Å²) in [5, 5.41) is 8.08. The van der Waals surface area contributed by atoms with Crippen LogP contribution in [0.25, 0.3) is 5.65 Å². The molecule has 0 spiro atoms. The highest BCUT2D eigenvalue weighted by atomic mass is 19.1. The Hall–Kier alpha value is -3.94. The second-order valence-corrected chi connectivity index (χ2v) is 6.95. The minimum absolute atomic E-state index is 0.178. The first kappa shape index (κ1) is 18.1. The van der Waals surface area contributed by atoms with Gasteiger partial charge >= 0.3 is 0 Å². The maximum atomic E-state index is 13.5. The molecule has 0 radical (unpaired) electrons. The summed E-state index contributed by atoms with van der Waals surface area (Å²) in [6.45, 7) is 2.27. The number of anilines is 1. The van der Waals surface area contributed by atoms with Crippen LogP contribution in [0.1, 0.15) is 21.7 Å². The zero-order valence-corrected chi connectivity index (χ0v) is 16.1. The number of benzene rings is 2. The van der Waals surface area contributed by atoms with Gasteiger partial charge in [0.1, 0.15) is 11.6 Å². The summed E-state index contributed by atoms with van der Waals surface area (Å²) in [6.07, 6.45) is 1.71. The van der Waals surface area contributed by atoms with E-state index in [1.807, 2.05) is 25.1 Å². The number of nitrogens with zero attached hydrogens (tertiary/aromatic N) is 4. The van der Waals surface area contributed by atoms with Gasteiger partial charge in [-0.05, 0) is 61.0 Å². The molecule has 1 aliphatic rings. The van der Waals surface area contributed by atoms with Crippen LogP contribution in [0.4, 0.5) is 10.1 Å². The van der Waals surface area contributed by atoms with Crippen molar-refractivity contribution in [2.45, 2.75) is 13.5 Å². The largest absolute Gasteiger partial charge is 0.454 e. The van der Waals surface area contributed by atoms with Crippen LogP contribution in [0.5, 0.6) is 11.5 Å². The molecular formula is C22H17FN4O3. The fourth-order valence-electron chi connectivity index (χ4n) is 3.41. The zero-order chi connectivity index (χ0) is 20.7. The van der Waals surface area contributed by atoms with Gasteiger partial charge in [-0.1, -0.05) is 6.07 Å². The smallest absolute Gasteiger partial charge is 0.260 e. The minimum Gasteiger partial charge on any atom is -0.454 e. The van der Waals surface area contributed by atoms with Crippen molar-refractivity contribution in [2.75, 3.05) is 11.7 Å². The topological polar surface area (TPSA) is 69.0 Å². The van der Waals surface area contributed by atoms with Crippen LogP contribution < -0.4 is 14.4 Å². The maximum Gasteiger partial charge on any atom is 0.260 e. The van der Waals surface area contributed by atoms with Gasteiger partial charge in [-0.25, -0.2) is 4.39 Å². The van der Waals surface area contributed by atoms with Crippen molar-refractivity contribution >= 4 is 17.2 Å². The molecule has 0 fully saturated rings. The van der Waals surface area contributed by atoms with E-state index in [1.165, 1.54) is 12.1 Å². The van der Waals surface area contributed by atoms with Gasteiger partial charge in [0.2, 0.25) is 6.79 Å². The summed E-state index contributed by atoms with van der Waals surface area (Å²) in [6, 6.07) is 14.8. The molecule has 0 aliphatic carbocycles. The highest BCUT2D eigenvalue weighted by Gasteiger charge is 2.21. The van der Waals surface area contributed by atoms with Gasteiger partial charge in [0, 0.05) is 11.9 Å². The SMILES string of the molecule is Cc1nnc2ccc(C(=O)N(Cc3ccc4c(c3)OCO4)c3ccc(F)cc3)cn12. The monoisotopic (exact) mass is 404 g/mol. The van der Waals surface area contributed by atoms with Gasteiger partial charge in [0.15, 0.2) is 17.1 Å². The van der Waals surface area contributed by atoms with Gasteiger partial charge in [-0.15, -0.1) is 10.2 Å². The Balaban J connectivity index is 1.53. The number of pyridine rings is 1. The highest BCUT2D eigenvalue weighted by molar-refractivity contribution is 6.06. The summed E-state index contributed by atoms with van der Waals surface area (Å²) >= 11 is 0. The van der Waals surface area contributed by atoms with Gasteiger partial charge in [-0.2, -0.15) is 0 Å². The van der Waals surface area contributed by atoms with E-state index in [-0.39, 0.29) is 25.1 Å². The first-order valence-electron chi connectivity index (χ1n) is 9.36. The first-order chi connectivity index (χ1) is 14.6. The zero-order valence-electron chi connectivity index (χ0n) is 16.1. The van der Waals surface area contributed by atoms with E-state index in [1.54, 1.807) is 39.8 Å². The maximum absolute atomic E-state index is 13.5. The number of carbonyl (C=O) groups excluding carboxylic acids is 1. The van der Waals surface area contributed by atoms with E-state index in [9.17, 15) is 9.18 Å². The number of hydrogen-bond donors (Lipinski definition) is 0. The number of fused-ring (bicyclic) bond motifs is 2. The minimum atomic E-state index is -0.365. The number of aryl methyl sites for hydroxylation is 1. The average Bonchev–Trinajstić information content (AvgIpc) is 3.38. The van der Waals surface area contributed by atoms with Gasteiger partial charge in [0.05, 0.1) is 12.1 Å². The van der Waals surface area contributed by atoms with Crippen LogP contribution in [0.2, 0.25) is 0 Å². The molecule has 2 aromatic heterocycles. The van der Waals surface area contributed by atoms with E-state index >= 15 is 0 Å². The molecule has 5 rings (SSSR count). The lowest BCUT2D eigenvalue weighted by atomic mass is 10.1. The summed E-state index contributed by atoms with van der Waals surface area (Å²) in [5.74, 6) is 1.40. The molecule has 1 aliphatic heterocycles. The Labute approximate surface area is 171 Å². The predicted molar refractivity (Wildman–Crippen MR) is 107 cm³/mol. The third kappa shape index (κ3) is 3.22. The molecule has 0 atom stereocenters. The third-order valence-electron chi connectivity index (χ3n) is 4.98. The summed E-state index contributed by atoms with van der Waals surface area (Å²) in [5.41, 5.74) is 2.57. The van der Waals surface area contributed by atoms with E-state index in [4.69, 9.17) is 9.47 Å². The highest BCUT2D eigenvalue weighted by Crippen LogP contribution is 2.33. The van der Waals surface area contributed by atoms with Crippen molar-refractivity contribution in [3.8, 4) is 11.5 Å². The molecule has 2 aromatic carbocycles. The van der Waals surface area contributed by atoms with E-state index in [0.29, 0.717) is 34.2 Å². The number of halogens is 1. The molecule has 3 heterocycles. The summed E-state index contributed by atoms with van der Waals surface area (Å²) < 4.78 is 26.0. The average molecular weight is 404 g/mol. The molecular weight excluding hydrogens is 387 g/mol. The molecule has 150 valence electrons. The number of carbonyl (C=O) groups is 1. The molecule has 0 N–H and O–H groups in total. The van der Waals surface area contributed by atoms with Crippen molar-refractivity contribution in [3.63, 3.8) is 0 Å².